The molecule has 0 aromatic carbocycles. The van der Waals surface area contributed by atoms with Crippen LogP contribution in [-0.2, 0) is 11.3 Å². The molecule has 0 aliphatic carbocycles. The van der Waals surface area contributed by atoms with Gasteiger partial charge in [-0.1, -0.05) is 50.9 Å². The largest absolute Gasteiger partial charge is 0.395 e. The van der Waals surface area contributed by atoms with Gasteiger partial charge in [-0.2, -0.15) is 0 Å². The van der Waals surface area contributed by atoms with Crippen LogP contribution in [-0.4, -0.2) is 18.3 Å². The maximum absolute atomic E-state index is 8.66. The molecule has 3 heteroatoms. The summed E-state index contributed by atoms with van der Waals surface area (Å²) in [6.45, 7) is 3.93. The molecule has 0 aliphatic heterocycles. The Morgan fingerprint density at radius 2 is 2.00 bits per heavy atom. The molecule has 1 aromatic heterocycles. The molecule has 1 rings (SSSR count). The highest BCUT2D eigenvalue weighted by atomic mass is 32.1. The molecular weight excluding hydrogens is 268 g/mol. The van der Waals surface area contributed by atoms with Crippen LogP contribution in [0.5, 0.6) is 0 Å². The van der Waals surface area contributed by atoms with Gasteiger partial charge >= 0.3 is 0 Å². The number of ether oxygens (including phenoxy) is 1. The summed E-state index contributed by atoms with van der Waals surface area (Å²) in [5.41, 5.74) is 1.03. The molecule has 0 spiro atoms. The van der Waals surface area contributed by atoms with E-state index in [9.17, 15) is 0 Å². The molecule has 0 unspecified atom stereocenters. The summed E-state index contributed by atoms with van der Waals surface area (Å²) >= 11 is 1.69. The molecule has 1 heterocycles. The molecular formula is C17H26O2S. The number of unbranched alkanes of at least 4 members (excludes halogenated alkanes) is 5. The van der Waals surface area contributed by atoms with Crippen LogP contribution in [0.15, 0.2) is 11.4 Å². The average molecular weight is 294 g/mol. The van der Waals surface area contributed by atoms with Crippen molar-refractivity contribution in [3.05, 3.63) is 21.9 Å². The van der Waals surface area contributed by atoms with Crippen molar-refractivity contribution in [2.45, 2.75) is 58.5 Å². The Hall–Kier alpha value is -0.820. The molecule has 0 radical (unpaired) electrons. The van der Waals surface area contributed by atoms with Crippen molar-refractivity contribution in [2.24, 2.45) is 0 Å². The highest BCUT2D eigenvalue weighted by molar-refractivity contribution is 7.10. The van der Waals surface area contributed by atoms with Gasteiger partial charge in [-0.25, -0.2) is 0 Å². The van der Waals surface area contributed by atoms with E-state index >= 15 is 0 Å². The van der Waals surface area contributed by atoms with E-state index in [2.05, 4.69) is 24.8 Å². The summed E-state index contributed by atoms with van der Waals surface area (Å²) in [5, 5.41) is 10.7. The fraction of sp³-hybridized carbons (Fsp3) is 0.647. The number of aliphatic hydroxyl groups is 1. The zero-order valence-electron chi connectivity index (χ0n) is 12.5. The Morgan fingerprint density at radius 3 is 2.80 bits per heavy atom. The second-order valence-corrected chi connectivity index (χ2v) is 5.89. The van der Waals surface area contributed by atoms with Gasteiger partial charge in [-0.05, 0) is 12.5 Å². The SMILES string of the molecule is CCCCCCCCOCc1cc(C#CCCO)cs1. The second kappa shape index (κ2) is 12.0. The Balaban J connectivity index is 2.06. The monoisotopic (exact) mass is 294 g/mol. The van der Waals surface area contributed by atoms with Crippen molar-refractivity contribution in [2.75, 3.05) is 13.2 Å². The molecule has 2 nitrogen and oxygen atoms in total. The first-order chi connectivity index (χ1) is 9.86. The zero-order valence-corrected chi connectivity index (χ0v) is 13.3. The first kappa shape index (κ1) is 17.2. The number of thiophene rings is 1. The van der Waals surface area contributed by atoms with Gasteiger partial charge < -0.3 is 9.84 Å². The predicted octanol–water partition coefficient (Wildman–Crippen LogP) is 4.36. The van der Waals surface area contributed by atoms with Crippen LogP contribution < -0.4 is 0 Å². The maximum atomic E-state index is 8.66. The molecule has 0 saturated heterocycles. The van der Waals surface area contributed by atoms with Gasteiger partial charge in [-0.3, -0.25) is 0 Å². The first-order valence-electron chi connectivity index (χ1n) is 7.61. The van der Waals surface area contributed by atoms with Crippen molar-refractivity contribution in [1.29, 1.82) is 0 Å². The van der Waals surface area contributed by atoms with Crippen molar-refractivity contribution < 1.29 is 9.84 Å². The standard InChI is InChI=1S/C17H26O2S/c1-2-3-4-5-6-9-12-19-14-17-13-16(15-20-17)10-7-8-11-18/h13,15,18H,2-6,8-9,11-12,14H2,1H3. The molecule has 20 heavy (non-hydrogen) atoms. The molecule has 0 bridgehead atoms. The van der Waals surface area contributed by atoms with E-state index in [1.54, 1.807) is 11.3 Å². The van der Waals surface area contributed by atoms with Gasteiger partial charge in [0.15, 0.2) is 0 Å². The van der Waals surface area contributed by atoms with Crippen molar-refractivity contribution in [3.63, 3.8) is 0 Å². The topological polar surface area (TPSA) is 29.5 Å². The third kappa shape index (κ3) is 8.37. The highest BCUT2D eigenvalue weighted by Gasteiger charge is 1.98. The summed E-state index contributed by atoms with van der Waals surface area (Å²) in [6.07, 6.45) is 8.34. The van der Waals surface area contributed by atoms with Gasteiger partial charge in [0.05, 0.1) is 13.2 Å². The minimum atomic E-state index is 0.130. The average Bonchev–Trinajstić information content (AvgIpc) is 2.90. The number of rotatable bonds is 10. The number of hydrogen-bond acceptors (Lipinski definition) is 3. The van der Waals surface area contributed by atoms with E-state index in [0.717, 1.165) is 18.6 Å². The molecule has 0 atom stereocenters. The number of aliphatic hydroxyl groups excluding tert-OH is 1. The fourth-order valence-electron chi connectivity index (χ4n) is 1.90. The van der Waals surface area contributed by atoms with Crippen molar-refractivity contribution >= 4 is 11.3 Å². The van der Waals surface area contributed by atoms with E-state index in [0.29, 0.717) is 13.0 Å². The lowest BCUT2D eigenvalue weighted by Crippen LogP contribution is -1.94. The maximum Gasteiger partial charge on any atom is 0.0809 e. The lowest BCUT2D eigenvalue weighted by atomic mass is 10.1. The van der Waals surface area contributed by atoms with E-state index in [-0.39, 0.29) is 6.61 Å². The fourth-order valence-corrected chi connectivity index (χ4v) is 2.65. The zero-order chi connectivity index (χ0) is 14.5. The molecule has 1 N–H and O–H groups in total. The van der Waals surface area contributed by atoms with E-state index < -0.39 is 0 Å². The van der Waals surface area contributed by atoms with E-state index in [4.69, 9.17) is 9.84 Å². The summed E-state index contributed by atoms with van der Waals surface area (Å²) in [4.78, 5) is 1.23. The van der Waals surface area contributed by atoms with Crippen molar-refractivity contribution in [3.8, 4) is 11.8 Å². The van der Waals surface area contributed by atoms with Gasteiger partial charge in [0.2, 0.25) is 0 Å². The molecule has 1 aromatic rings. The lowest BCUT2D eigenvalue weighted by molar-refractivity contribution is 0.118. The predicted molar refractivity (Wildman–Crippen MR) is 85.9 cm³/mol. The van der Waals surface area contributed by atoms with Crippen LogP contribution >= 0.6 is 11.3 Å². The quantitative estimate of drug-likeness (QED) is 0.513. The Kier molecular flexibility index (Phi) is 10.3. The highest BCUT2D eigenvalue weighted by Crippen LogP contribution is 2.15. The van der Waals surface area contributed by atoms with Crippen LogP contribution in [0.4, 0.5) is 0 Å². The molecule has 0 aliphatic rings. The smallest absolute Gasteiger partial charge is 0.0809 e. The summed E-state index contributed by atoms with van der Waals surface area (Å²) < 4.78 is 5.69. The Morgan fingerprint density at radius 1 is 1.20 bits per heavy atom. The van der Waals surface area contributed by atoms with Crippen molar-refractivity contribution in [1.82, 2.24) is 0 Å². The van der Waals surface area contributed by atoms with Crippen LogP contribution in [0.3, 0.4) is 0 Å². The third-order valence-corrected chi connectivity index (χ3v) is 3.92. The third-order valence-electron chi connectivity index (χ3n) is 3.01. The van der Waals surface area contributed by atoms with E-state index in [1.807, 2.05) is 5.38 Å². The van der Waals surface area contributed by atoms with Crippen LogP contribution in [0.2, 0.25) is 0 Å². The Labute approximate surface area is 127 Å². The second-order valence-electron chi connectivity index (χ2n) is 4.90. The minimum absolute atomic E-state index is 0.130. The molecule has 112 valence electrons. The normalized spacial score (nSPS) is 10.3. The van der Waals surface area contributed by atoms with Gasteiger partial charge in [-0.15, -0.1) is 11.3 Å². The summed E-state index contributed by atoms with van der Waals surface area (Å²) in [5.74, 6) is 5.97. The summed E-state index contributed by atoms with van der Waals surface area (Å²) in [6, 6.07) is 2.08. The lowest BCUT2D eigenvalue weighted by Gasteiger charge is -2.02. The minimum Gasteiger partial charge on any atom is -0.395 e. The van der Waals surface area contributed by atoms with Gasteiger partial charge in [0.1, 0.15) is 0 Å². The van der Waals surface area contributed by atoms with Gasteiger partial charge in [0, 0.05) is 28.8 Å². The van der Waals surface area contributed by atoms with Gasteiger partial charge in [0.25, 0.3) is 0 Å². The summed E-state index contributed by atoms with van der Waals surface area (Å²) in [7, 11) is 0. The van der Waals surface area contributed by atoms with Crippen LogP contribution in [0, 0.1) is 11.8 Å². The van der Waals surface area contributed by atoms with Crippen LogP contribution in [0.25, 0.3) is 0 Å². The van der Waals surface area contributed by atoms with Crippen LogP contribution in [0.1, 0.15) is 62.3 Å². The molecule has 0 amide bonds. The Bertz CT molecular complexity index is 401. The molecule has 0 fully saturated rings. The number of hydrogen-bond donors (Lipinski definition) is 1. The van der Waals surface area contributed by atoms with E-state index in [1.165, 1.54) is 37.0 Å². The molecule has 0 saturated carbocycles. The first-order valence-corrected chi connectivity index (χ1v) is 8.49.